The van der Waals surface area contributed by atoms with Crippen LogP contribution in [0.2, 0.25) is 0 Å². The number of rotatable bonds is 6. The summed E-state index contributed by atoms with van der Waals surface area (Å²) >= 11 is 0. The molecule has 94 valence electrons. The molecule has 0 fully saturated rings. The predicted octanol–water partition coefficient (Wildman–Crippen LogP) is 2.16. The topological polar surface area (TPSA) is 61.5 Å². The molecular formula is C13H19NO3. The zero-order valence-corrected chi connectivity index (χ0v) is 10.4. The third-order valence-corrected chi connectivity index (χ3v) is 2.41. The van der Waals surface area contributed by atoms with Crippen LogP contribution in [0.5, 0.6) is 0 Å². The monoisotopic (exact) mass is 237 g/mol. The van der Waals surface area contributed by atoms with Crippen molar-refractivity contribution in [1.82, 2.24) is 0 Å². The summed E-state index contributed by atoms with van der Waals surface area (Å²) < 4.78 is 10.3. The summed E-state index contributed by atoms with van der Waals surface area (Å²) in [5.74, 6) is -0.373. The average Bonchev–Trinajstić information content (AvgIpc) is 2.32. The molecule has 0 aromatic heterocycles. The van der Waals surface area contributed by atoms with Crippen LogP contribution in [-0.2, 0) is 9.47 Å². The van der Waals surface area contributed by atoms with Crippen molar-refractivity contribution >= 4 is 11.7 Å². The van der Waals surface area contributed by atoms with Gasteiger partial charge in [-0.05, 0) is 25.5 Å². The molecule has 0 saturated heterocycles. The first-order valence-corrected chi connectivity index (χ1v) is 5.76. The molecule has 0 unspecified atom stereocenters. The van der Waals surface area contributed by atoms with E-state index >= 15 is 0 Å². The van der Waals surface area contributed by atoms with Gasteiger partial charge in [-0.15, -0.1) is 0 Å². The molecular weight excluding hydrogens is 218 g/mol. The second kappa shape index (κ2) is 6.91. The van der Waals surface area contributed by atoms with Gasteiger partial charge in [-0.25, -0.2) is 4.79 Å². The Morgan fingerprint density at radius 3 is 2.82 bits per heavy atom. The van der Waals surface area contributed by atoms with Gasteiger partial charge in [0.2, 0.25) is 0 Å². The Hall–Kier alpha value is -1.55. The summed E-state index contributed by atoms with van der Waals surface area (Å²) in [6, 6.07) is 5.33. The molecule has 0 bridgehead atoms. The van der Waals surface area contributed by atoms with Crippen LogP contribution in [0.25, 0.3) is 0 Å². The smallest absolute Gasteiger partial charge is 0.340 e. The molecule has 0 aliphatic heterocycles. The number of benzene rings is 1. The fourth-order valence-corrected chi connectivity index (χ4v) is 1.41. The lowest BCUT2D eigenvalue weighted by atomic mass is 10.1. The van der Waals surface area contributed by atoms with Crippen molar-refractivity contribution in [1.29, 1.82) is 0 Å². The fraction of sp³-hybridized carbons (Fsp3) is 0.462. The standard InChI is InChI=1S/C13H19NO3/c1-3-16-8-5-9-17-13(15)11-7-4-6-10(2)12(11)14/h4,6-7H,3,5,8-9,14H2,1-2H3. The first kappa shape index (κ1) is 13.5. The van der Waals surface area contributed by atoms with Crippen molar-refractivity contribution < 1.29 is 14.3 Å². The number of hydrogen-bond donors (Lipinski definition) is 1. The lowest BCUT2D eigenvalue weighted by Gasteiger charge is -2.08. The fourth-order valence-electron chi connectivity index (χ4n) is 1.41. The first-order valence-electron chi connectivity index (χ1n) is 5.76. The molecule has 0 radical (unpaired) electrons. The van der Waals surface area contributed by atoms with Crippen LogP contribution in [0.1, 0.15) is 29.3 Å². The lowest BCUT2D eigenvalue weighted by molar-refractivity contribution is 0.0453. The zero-order chi connectivity index (χ0) is 12.7. The van der Waals surface area contributed by atoms with Crippen molar-refractivity contribution in [2.24, 2.45) is 0 Å². The van der Waals surface area contributed by atoms with Gasteiger partial charge in [0.25, 0.3) is 0 Å². The molecule has 4 heteroatoms. The highest BCUT2D eigenvalue weighted by Crippen LogP contribution is 2.17. The van der Waals surface area contributed by atoms with E-state index in [-0.39, 0.29) is 5.97 Å². The largest absolute Gasteiger partial charge is 0.462 e. The number of carbonyl (C=O) groups is 1. The van der Waals surface area contributed by atoms with E-state index < -0.39 is 0 Å². The first-order chi connectivity index (χ1) is 8.16. The Labute approximate surface area is 102 Å². The second-order valence-electron chi connectivity index (χ2n) is 3.72. The molecule has 1 aromatic rings. The van der Waals surface area contributed by atoms with E-state index in [1.807, 2.05) is 19.9 Å². The molecule has 1 rings (SSSR count). The van der Waals surface area contributed by atoms with Gasteiger partial charge >= 0.3 is 5.97 Å². The van der Waals surface area contributed by atoms with Crippen LogP contribution in [-0.4, -0.2) is 25.8 Å². The number of aryl methyl sites for hydroxylation is 1. The van der Waals surface area contributed by atoms with Gasteiger partial charge in [-0.1, -0.05) is 12.1 Å². The van der Waals surface area contributed by atoms with E-state index in [0.717, 1.165) is 5.56 Å². The van der Waals surface area contributed by atoms with Crippen LogP contribution in [0.15, 0.2) is 18.2 Å². The van der Waals surface area contributed by atoms with E-state index in [1.54, 1.807) is 12.1 Å². The average molecular weight is 237 g/mol. The van der Waals surface area contributed by atoms with Gasteiger partial charge in [0.05, 0.1) is 12.2 Å². The van der Waals surface area contributed by atoms with Crippen molar-refractivity contribution in [2.75, 3.05) is 25.6 Å². The minimum Gasteiger partial charge on any atom is -0.462 e. The maximum atomic E-state index is 11.7. The number of hydrogen-bond acceptors (Lipinski definition) is 4. The Bertz CT molecular complexity index is 377. The SMILES string of the molecule is CCOCCCOC(=O)c1cccc(C)c1N. The molecule has 0 aliphatic carbocycles. The summed E-state index contributed by atoms with van der Waals surface area (Å²) in [6.45, 7) is 5.43. The van der Waals surface area contributed by atoms with Crippen molar-refractivity contribution in [3.05, 3.63) is 29.3 Å². The quantitative estimate of drug-likeness (QED) is 0.468. The highest BCUT2D eigenvalue weighted by Gasteiger charge is 2.11. The van der Waals surface area contributed by atoms with Crippen LogP contribution in [0.4, 0.5) is 5.69 Å². The van der Waals surface area contributed by atoms with Crippen molar-refractivity contribution in [3.8, 4) is 0 Å². The number of esters is 1. The summed E-state index contributed by atoms with van der Waals surface area (Å²) in [5.41, 5.74) is 7.61. The minimum atomic E-state index is -0.373. The molecule has 17 heavy (non-hydrogen) atoms. The van der Waals surface area contributed by atoms with Gasteiger partial charge in [0, 0.05) is 25.3 Å². The summed E-state index contributed by atoms with van der Waals surface area (Å²) in [4.78, 5) is 11.7. The molecule has 0 saturated carbocycles. The second-order valence-corrected chi connectivity index (χ2v) is 3.72. The number of nitrogen functional groups attached to an aromatic ring is 1. The molecule has 0 aliphatic rings. The van der Waals surface area contributed by atoms with Crippen molar-refractivity contribution in [3.63, 3.8) is 0 Å². The van der Waals surface area contributed by atoms with Crippen LogP contribution in [0, 0.1) is 6.92 Å². The molecule has 0 amide bonds. The molecule has 4 nitrogen and oxygen atoms in total. The Morgan fingerprint density at radius 1 is 1.35 bits per heavy atom. The van der Waals surface area contributed by atoms with Gasteiger partial charge in [0.1, 0.15) is 0 Å². The number of anilines is 1. The van der Waals surface area contributed by atoms with Gasteiger partial charge in [-0.3, -0.25) is 0 Å². The number of ether oxygens (including phenoxy) is 2. The van der Waals surface area contributed by atoms with Crippen LogP contribution < -0.4 is 5.73 Å². The van der Waals surface area contributed by atoms with E-state index in [1.165, 1.54) is 0 Å². The third-order valence-electron chi connectivity index (χ3n) is 2.41. The number of para-hydroxylation sites is 1. The normalized spacial score (nSPS) is 10.2. The predicted molar refractivity (Wildman–Crippen MR) is 67.0 cm³/mol. The van der Waals surface area contributed by atoms with Crippen LogP contribution in [0.3, 0.4) is 0 Å². The van der Waals surface area contributed by atoms with E-state index in [4.69, 9.17) is 15.2 Å². The molecule has 1 aromatic carbocycles. The summed E-state index contributed by atoms with van der Waals surface area (Å²) in [5, 5.41) is 0. The Morgan fingerprint density at radius 2 is 2.12 bits per heavy atom. The molecule has 0 heterocycles. The van der Waals surface area contributed by atoms with E-state index in [9.17, 15) is 4.79 Å². The highest BCUT2D eigenvalue weighted by atomic mass is 16.5. The number of nitrogens with two attached hydrogens (primary N) is 1. The van der Waals surface area contributed by atoms with Gasteiger partial charge < -0.3 is 15.2 Å². The molecule has 0 atom stereocenters. The van der Waals surface area contributed by atoms with Gasteiger partial charge in [-0.2, -0.15) is 0 Å². The Balaban J connectivity index is 2.44. The highest BCUT2D eigenvalue weighted by molar-refractivity contribution is 5.95. The summed E-state index contributed by atoms with van der Waals surface area (Å²) in [7, 11) is 0. The van der Waals surface area contributed by atoms with Gasteiger partial charge in [0.15, 0.2) is 0 Å². The van der Waals surface area contributed by atoms with E-state index in [2.05, 4.69) is 0 Å². The maximum Gasteiger partial charge on any atom is 0.340 e. The number of carbonyl (C=O) groups excluding carboxylic acids is 1. The zero-order valence-electron chi connectivity index (χ0n) is 10.4. The summed E-state index contributed by atoms with van der Waals surface area (Å²) in [6.07, 6.45) is 0.700. The lowest BCUT2D eigenvalue weighted by Crippen LogP contribution is -2.11. The molecule has 0 spiro atoms. The Kier molecular flexibility index (Phi) is 5.49. The van der Waals surface area contributed by atoms with Crippen LogP contribution >= 0.6 is 0 Å². The molecule has 2 N–H and O–H groups in total. The van der Waals surface area contributed by atoms with Crippen molar-refractivity contribution in [2.45, 2.75) is 20.3 Å². The van der Waals surface area contributed by atoms with E-state index in [0.29, 0.717) is 37.5 Å². The maximum absolute atomic E-state index is 11.7. The minimum absolute atomic E-state index is 0.353. The third kappa shape index (κ3) is 4.07.